The Morgan fingerprint density at radius 1 is 1.09 bits per heavy atom. The average molecular weight is 477 g/mol. The zero-order valence-corrected chi connectivity index (χ0v) is 18.9. The molecule has 1 saturated heterocycles. The number of amides is 1. The molecule has 0 N–H and O–H groups in total. The van der Waals surface area contributed by atoms with Gasteiger partial charge >= 0.3 is 0 Å². The molecule has 4 heterocycles. The number of carbonyl (C=O) groups excluding carboxylic acids is 1. The zero-order chi connectivity index (χ0) is 22.4. The Bertz CT molecular complexity index is 1180. The third-order valence-electron chi connectivity index (χ3n) is 6.01. The zero-order valence-electron chi connectivity index (χ0n) is 17.9. The number of halogens is 3. The van der Waals surface area contributed by atoms with Crippen molar-refractivity contribution in [2.24, 2.45) is 0 Å². The number of hydrogen-bond acceptors (Lipinski definition) is 5. The van der Waals surface area contributed by atoms with E-state index >= 15 is 0 Å². The summed E-state index contributed by atoms with van der Waals surface area (Å²) >= 11 is 0. The van der Waals surface area contributed by atoms with Crippen LogP contribution >= 0.6 is 13.5 Å². The second-order valence-electron chi connectivity index (χ2n) is 8.16. The second kappa shape index (κ2) is 9.05. The Morgan fingerprint density at radius 2 is 1.85 bits per heavy atom. The molecule has 0 bridgehead atoms. The molecule has 0 radical (unpaired) electrons. The average Bonchev–Trinajstić information content (AvgIpc) is 3.44. The molecule has 1 amide bonds. The summed E-state index contributed by atoms with van der Waals surface area (Å²) in [5, 5.41) is 4.22. The fraction of sp³-hybridized carbons (Fsp3) is 0.364. The van der Waals surface area contributed by atoms with E-state index in [1.54, 1.807) is 35.2 Å². The molecule has 0 unspecified atom stereocenters. The molecule has 0 spiro atoms. The highest BCUT2D eigenvalue weighted by Crippen LogP contribution is 2.37. The van der Waals surface area contributed by atoms with E-state index < -0.39 is 17.5 Å². The smallest absolute Gasteiger partial charge is 0.249 e. The summed E-state index contributed by atoms with van der Waals surface area (Å²) in [5.41, 5.74) is 1.93. The number of fused-ring (bicyclic) bond motifs is 3. The van der Waals surface area contributed by atoms with E-state index in [2.05, 4.69) is 15.0 Å². The van der Waals surface area contributed by atoms with Gasteiger partial charge in [-0.3, -0.25) is 9.48 Å². The lowest BCUT2D eigenvalue weighted by Crippen LogP contribution is -2.49. The monoisotopic (exact) mass is 476 g/mol. The first-order valence-electron chi connectivity index (χ1n) is 10.5. The summed E-state index contributed by atoms with van der Waals surface area (Å²) in [5.74, 6) is -2.35. The predicted octanol–water partition coefficient (Wildman–Crippen LogP) is 2.98. The number of aromatic nitrogens is 4. The van der Waals surface area contributed by atoms with Crippen molar-refractivity contribution in [3.05, 3.63) is 65.1 Å². The molecule has 2 aliphatic rings. The molecule has 2 aromatic heterocycles. The summed E-state index contributed by atoms with van der Waals surface area (Å²) in [6.45, 7) is 0.936. The second-order valence-corrected chi connectivity index (χ2v) is 8.16. The summed E-state index contributed by atoms with van der Waals surface area (Å²) < 4.78 is 41.5. The molecule has 11 heteroatoms. The molecule has 1 aromatic carbocycles. The molecule has 1 atom stereocenters. The van der Waals surface area contributed by atoms with Crippen LogP contribution in [0.1, 0.15) is 29.8 Å². The number of benzene rings is 1. The minimum absolute atomic E-state index is 0. The quantitative estimate of drug-likeness (QED) is 0.530. The first-order valence-corrected chi connectivity index (χ1v) is 10.5. The van der Waals surface area contributed by atoms with Crippen molar-refractivity contribution >= 4 is 30.9 Å². The summed E-state index contributed by atoms with van der Waals surface area (Å²) in [7, 11) is 1.76. The number of aryl methyl sites for hydroxylation is 2. The largest absolute Gasteiger partial charge is 0.343 e. The van der Waals surface area contributed by atoms with Gasteiger partial charge in [-0.2, -0.15) is 18.6 Å². The van der Waals surface area contributed by atoms with Crippen LogP contribution in [0.15, 0.2) is 30.7 Å². The van der Waals surface area contributed by atoms with Gasteiger partial charge in [-0.05, 0) is 42.5 Å². The van der Waals surface area contributed by atoms with Gasteiger partial charge in [-0.15, -0.1) is 0 Å². The maximum atomic E-state index is 13.4. The number of anilines is 2. The van der Waals surface area contributed by atoms with Crippen LogP contribution < -0.4 is 9.80 Å². The van der Waals surface area contributed by atoms with Gasteiger partial charge in [0.1, 0.15) is 17.6 Å². The molecular weight excluding hydrogens is 453 g/mol. The van der Waals surface area contributed by atoms with Crippen molar-refractivity contribution in [3.63, 3.8) is 0 Å². The van der Waals surface area contributed by atoms with E-state index in [4.69, 9.17) is 4.98 Å². The number of nitrogens with zero attached hydrogens (tertiary/aromatic N) is 6. The fourth-order valence-corrected chi connectivity index (χ4v) is 4.35. The minimum Gasteiger partial charge on any atom is -0.343 e. The van der Waals surface area contributed by atoms with Crippen molar-refractivity contribution in [1.29, 1.82) is 0 Å². The summed E-state index contributed by atoms with van der Waals surface area (Å²) in [6.07, 6.45) is 8.16. The van der Waals surface area contributed by atoms with Gasteiger partial charge < -0.3 is 9.80 Å². The topological polar surface area (TPSA) is 67.2 Å². The van der Waals surface area contributed by atoms with E-state index in [1.807, 2.05) is 0 Å². The first-order chi connectivity index (χ1) is 15.4. The number of carbonyl (C=O) groups is 1. The lowest BCUT2D eigenvalue weighted by atomic mass is 10.1. The lowest BCUT2D eigenvalue weighted by Gasteiger charge is -2.36. The van der Waals surface area contributed by atoms with Crippen LogP contribution in [0.25, 0.3) is 0 Å². The van der Waals surface area contributed by atoms with Crippen LogP contribution in [-0.2, 0) is 24.2 Å². The Hall–Kier alpha value is -3.08. The summed E-state index contributed by atoms with van der Waals surface area (Å²) in [6, 6.07) is 1.79. The highest BCUT2D eigenvalue weighted by Gasteiger charge is 2.40. The molecule has 0 aliphatic carbocycles. The predicted molar refractivity (Wildman–Crippen MR) is 121 cm³/mol. The first kappa shape index (κ1) is 23.1. The van der Waals surface area contributed by atoms with Crippen molar-refractivity contribution in [1.82, 2.24) is 19.7 Å². The van der Waals surface area contributed by atoms with Crippen molar-refractivity contribution in [2.45, 2.75) is 38.3 Å². The Balaban J connectivity index is 0.00000259. The van der Waals surface area contributed by atoms with Gasteiger partial charge in [0, 0.05) is 26.2 Å². The maximum Gasteiger partial charge on any atom is 0.249 e. The van der Waals surface area contributed by atoms with E-state index in [0.717, 1.165) is 48.6 Å². The SMILES string of the molecule is CN1C(=O)[C@@H]2CCCN2c2nc(CCc3cnn(Cc4cc(F)c(F)c(F)c4)c3)ncc21.S. The molecule has 3 aromatic rings. The van der Waals surface area contributed by atoms with Crippen LogP contribution in [-0.4, -0.2) is 45.3 Å². The van der Waals surface area contributed by atoms with Gasteiger partial charge in [0.2, 0.25) is 5.91 Å². The number of hydrogen-bond donors (Lipinski definition) is 0. The van der Waals surface area contributed by atoms with Crippen LogP contribution in [0.3, 0.4) is 0 Å². The van der Waals surface area contributed by atoms with Crippen LogP contribution in [0.2, 0.25) is 0 Å². The molecule has 174 valence electrons. The van der Waals surface area contributed by atoms with E-state index in [-0.39, 0.29) is 37.6 Å². The normalized spacial score (nSPS) is 17.1. The highest BCUT2D eigenvalue weighted by molar-refractivity contribution is 7.59. The third-order valence-corrected chi connectivity index (χ3v) is 6.01. The maximum absolute atomic E-state index is 13.4. The van der Waals surface area contributed by atoms with Crippen LogP contribution in [0.4, 0.5) is 24.7 Å². The van der Waals surface area contributed by atoms with Gasteiger partial charge in [0.25, 0.3) is 0 Å². The Kier molecular flexibility index (Phi) is 6.33. The molecule has 5 rings (SSSR count). The van der Waals surface area contributed by atoms with Crippen LogP contribution in [0.5, 0.6) is 0 Å². The number of rotatable bonds is 5. The standard InChI is InChI=1S/C22H21F3N6O.H2S/c1-29-18-10-26-19(28-21(18)31-6-2-3-17(31)22(29)32)5-4-13-9-27-30(11-13)12-14-7-15(23)20(25)16(24)8-14;/h7-11,17H,2-6,12H2,1H3;1H2/t17-;/m0./s1. The minimum atomic E-state index is -1.48. The fourth-order valence-electron chi connectivity index (χ4n) is 4.35. The highest BCUT2D eigenvalue weighted by atomic mass is 32.1. The Morgan fingerprint density at radius 3 is 2.61 bits per heavy atom. The van der Waals surface area contributed by atoms with Gasteiger partial charge in [0.05, 0.1) is 18.9 Å². The number of likely N-dealkylation sites (N-methyl/N-ethyl adjacent to an activating group) is 1. The third kappa shape index (κ3) is 4.29. The van der Waals surface area contributed by atoms with E-state index in [0.29, 0.717) is 18.7 Å². The van der Waals surface area contributed by atoms with E-state index in [9.17, 15) is 18.0 Å². The van der Waals surface area contributed by atoms with Crippen molar-refractivity contribution < 1.29 is 18.0 Å². The van der Waals surface area contributed by atoms with Crippen molar-refractivity contribution in [2.75, 3.05) is 23.4 Å². The molecule has 2 aliphatic heterocycles. The molecule has 1 fully saturated rings. The van der Waals surface area contributed by atoms with E-state index in [1.165, 1.54) is 0 Å². The van der Waals surface area contributed by atoms with Gasteiger partial charge in [0.15, 0.2) is 23.3 Å². The molecule has 0 saturated carbocycles. The van der Waals surface area contributed by atoms with Gasteiger partial charge in [-0.1, -0.05) is 0 Å². The lowest BCUT2D eigenvalue weighted by molar-refractivity contribution is -0.119. The molecule has 33 heavy (non-hydrogen) atoms. The molecule has 7 nitrogen and oxygen atoms in total. The van der Waals surface area contributed by atoms with Crippen molar-refractivity contribution in [3.8, 4) is 0 Å². The summed E-state index contributed by atoms with van der Waals surface area (Å²) in [4.78, 5) is 25.4. The molecular formula is C22H23F3N6OS. The van der Waals surface area contributed by atoms with Gasteiger partial charge in [-0.25, -0.2) is 23.1 Å². The Labute approximate surface area is 195 Å². The van der Waals surface area contributed by atoms with Crippen LogP contribution in [0, 0.1) is 17.5 Å².